The van der Waals surface area contributed by atoms with Gasteiger partial charge in [0.25, 0.3) is 0 Å². The van der Waals surface area contributed by atoms with Gasteiger partial charge in [-0.15, -0.1) is 0 Å². The second-order valence-electron chi connectivity index (χ2n) is 8.43. The lowest BCUT2D eigenvalue weighted by molar-refractivity contribution is -0.119. The first kappa shape index (κ1) is 21.2. The van der Waals surface area contributed by atoms with E-state index in [4.69, 9.17) is 4.98 Å². The van der Waals surface area contributed by atoms with Crippen LogP contribution in [0.25, 0.3) is 10.9 Å². The van der Waals surface area contributed by atoms with Gasteiger partial charge in [-0.3, -0.25) is 4.79 Å². The Hall–Kier alpha value is -3.08. The molecular weight excluding hydrogens is 384 g/mol. The van der Waals surface area contributed by atoms with Crippen LogP contribution in [-0.2, 0) is 11.3 Å². The van der Waals surface area contributed by atoms with Crippen molar-refractivity contribution >= 4 is 28.3 Å². The Labute approximate surface area is 184 Å². The lowest BCUT2D eigenvalue weighted by Gasteiger charge is -2.30. The number of benzene rings is 2. The van der Waals surface area contributed by atoms with Gasteiger partial charge in [-0.2, -0.15) is 0 Å². The first-order valence-electron chi connectivity index (χ1n) is 11.3. The van der Waals surface area contributed by atoms with Crippen molar-refractivity contribution in [2.24, 2.45) is 0 Å². The van der Waals surface area contributed by atoms with Gasteiger partial charge in [0.05, 0.1) is 5.52 Å². The number of anilines is 2. The maximum atomic E-state index is 11.3. The standard InChI is InChI=1S/C26H32N4O/c1-3-30(23-9-5-4-6-10-23)18-20-17-26(29-25-12-8-7-11-24(20)25)28-22-15-13-21(14-16-22)27-19(2)31/h4-12,17,21-22H,3,13-16,18H2,1-2H3,(H,27,31)(H,28,29)/t21-,22+. The highest BCUT2D eigenvalue weighted by atomic mass is 16.1. The van der Waals surface area contributed by atoms with Gasteiger partial charge in [0.2, 0.25) is 5.91 Å². The highest BCUT2D eigenvalue weighted by Crippen LogP contribution is 2.27. The minimum Gasteiger partial charge on any atom is -0.367 e. The van der Waals surface area contributed by atoms with E-state index in [0.717, 1.165) is 50.1 Å². The van der Waals surface area contributed by atoms with E-state index < -0.39 is 0 Å². The third-order valence-corrected chi connectivity index (χ3v) is 6.15. The number of hydrogen-bond donors (Lipinski definition) is 2. The highest BCUT2D eigenvalue weighted by molar-refractivity contribution is 5.84. The molecule has 0 aliphatic heterocycles. The van der Waals surface area contributed by atoms with Crippen LogP contribution in [0.3, 0.4) is 0 Å². The van der Waals surface area contributed by atoms with Crippen LogP contribution in [0, 0.1) is 0 Å². The summed E-state index contributed by atoms with van der Waals surface area (Å²) >= 11 is 0. The highest BCUT2D eigenvalue weighted by Gasteiger charge is 2.22. The fraction of sp³-hybridized carbons (Fsp3) is 0.385. The summed E-state index contributed by atoms with van der Waals surface area (Å²) in [5, 5.41) is 7.94. The number of nitrogens with zero attached hydrogens (tertiary/aromatic N) is 2. The van der Waals surface area contributed by atoms with Crippen molar-refractivity contribution in [2.75, 3.05) is 16.8 Å². The lowest BCUT2D eigenvalue weighted by atomic mass is 9.91. The fourth-order valence-corrected chi connectivity index (χ4v) is 4.56. The molecule has 3 aromatic rings. The van der Waals surface area contributed by atoms with Crippen molar-refractivity contribution in [3.63, 3.8) is 0 Å². The zero-order valence-electron chi connectivity index (χ0n) is 18.5. The van der Waals surface area contributed by atoms with Gasteiger partial charge in [0.1, 0.15) is 5.82 Å². The molecule has 0 bridgehead atoms. The molecule has 0 radical (unpaired) electrons. The summed E-state index contributed by atoms with van der Waals surface area (Å²) in [4.78, 5) is 18.6. The van der Waals surface area contributed by atoms with E-state index in [0.29, 0.717) is 12.1 Å². The maximum absolute atomic E-state index is 11.3. The van der Waals surface area contributed by atoms with Gasteiger partial charge in [-0.25, -0.2) is 4.98 Å². The van der Waals surface area contributed by atoms with Crippen molar-refractivity contribution in [2.45, 2.75) is 58.2 Å². The van der Waals surface area contributed by atoms with Crippen molar-refractivity contribution in [1.82, 2.24) is 10.3 Å². The Bertz CT molecular complexity index is 1010. The number of rotatable bonds is 7. The van der Waals surface area contributed by atoms with E-state index in [2.05, 4.69) is 83.1 Å². The second kappa shape index (κ2) is 9.82. The molecule has 162 valence electrons. The van der Waals surface area contributed by atoms with Crippen LogP contribution < -0.4 is 15.5 Å². The first-order chi connectivity index (χ1) is 15.1. The van der Waals surface area contributed by atoms with Gasteiger partial charge >= 0.3 is 0 Å². The van der Waals surface area contributed by atoms with Gasteiger partial charge in [0, 0.05) is 43.2 Å². The number of pyridine rings is 1. The summed E-state index contributed by atoms with van der Waals surface area (Å²) in [6, 6.07) is 21.9. The summed E-state index contributed by atoms with van der Waals surface area (Å²) in [6.45, 7) is 5.58. The molecule has 2 aromatic carbocycles. The largest absolute Gasteiger partial charge is 0.367 e. The molecule has 1 aliphatic rings. The van der Waals surface area contributed by atoms with Crippen LogP contribution in [0.15, 0.2) is 60.7 Å². The number of fused-ring (bicyclic) bond motifs is 1. The molecule has 31 heavy (non-hydrogen) atoms. The summed E-state index contributed by atoms with van der Waals surface area (Å²) < 4.78 is 0. The van der Waals surface area contributed by atoms with E-state index in [1.54, 1.807) is 6.92 Å². The Morgan fingerprint density at radius 3 is 2.39 bits per heavy atom. The molecule has 1 heterocycles. The summed E-state index contributed by atoms with van der Waals surface area (Å²) in [5.41, 5.74) is 3.54. The molecule has 1 fully saturated rings. The second-order valence-corrected chi connectivity index (χ2v) is 8.43. The molecule has 0 unspecified atom stereocenters. The molecule has 1 saturated carbocycles. The summed E-state index contributed by atoms with van der Waals surface area (Å²) in [5.74, 6) is 1.01. The van der Waals surface area contributed by atoms with Crippen LogP contribution in [0.5, 0.6) is 0 Å². The topological polar surface area (TPSA) is 57.3 Å². The third kappa shape index (κ3) is 5.35. The SMILES string of the molecule is CCN(Cc1cc(N[C@H]2CC[C@@H](NC(C)=O)CC2)nc2ccccc12)c1ccccc1. The van der Waals surface area contributed by atoms with Crippen molar-refractivity contribution < 1.29 is 4.79 Å². The zero-order valence-corrected chi connectivity index (χ0v) is 18.5. The molecule has 0 spiro atoms. The lowest BCUT2D eigenvalue weighted by Crippen LogP contribution is -2.39. The Balaban J connectivity index is 1.53. The number of nitrogens with one attached hydrogen (secondary N) is 2. The Morgan fingerprint density at radius 1 is 1.00 bits per heavy atom. The molecule has 0 atom stereocenters. The molecule has 1 aliphatic carbocycles. The van der Waals surface area contributed by atoms with Crippen LogP contribution in [0.4, 0.5) is 11.5 Å². The smallest absolute Gasteiger partial charge is 0.217 e. The molecule has 0 saturated heterocycles. The number of hydrogen-bond acceptors (Lipinski definition) is 4. The average Bonchev–Trinajstić information content (AvgIpc) is 2.79. The number of aromatic nitrogens is 1. The van der Waals surface area contributed by atoms with E-state index in [1.165, 1.54) is 16.6 Å². The number of carbonyl (C=O) groups is 1. The summed E-state index contributed by atoms with van der Waals surface area (Å²) in [7, 11) is 0. The van der Waals surface area contributed by atoms with Crippen molar-refractivity contribution in [3.8, 4) is 0 Å². The zero-order chi connectivity index (χ0) is 21.6. The van der Waals surface area contributed by atoms with E-state index >= 15 is 0 Å². The Morgan fingerprint density at radius 2 is 1.68 bits per heavy atom. The minimum atomic E-state index is 0.0659. The first-order valence-corrected chi connectivity index (χ1v) is 11.3. The number of carbonyl (C=O) groups excluding carboxylic acids is 1. The predicted molar refractivity (Wildman–Crippen MR) is 128 cm³/mol. The van der Waals surface area contributed by atoms with E-state index in [9.17, 15) is 4.79 Å². The quantitative estimate of drug-likeness (QED) is 0.561. The predicted octanol–water partition coefficient (Wildman–Crippen LogP) is 5.12. The molecule has 1 amide bonds. The average molecular weight is 417 g/mol. The molecule has 4 rings (SSSR count). The van der Waals surface area contributed by atoms with Crippen LogP contribution in [0.2, 0.25) is 0 Å². The normalized spacial score (nSPS) is 18.5. The van der Waals surface area contributed by atoms with Crippen LogP contribution >= 0.6 is 0 Å². The monoisotopic (exact) mass is 416 g/mol. The van der Waals surface area contributed by atoms with Gasteiger partial charge in [-0.05, 0) is 62.4 Å². The molecule has 5 heteroatoms. The molecule has 5 nitrogen and oxygen atoms in total. The Kier molecular flexibility index (Phi) is 6.70. The van der Waals surface area contributed by atoms with Gasteiger partial charge in [-0.1, -0.05) is 36.4 Å². The van der Waals surface area contributed by atoms with Gasteiger partial charge < -0.3 is 15.5 Å². The fourth-order valence-electron chi connectivity index (χ4n) is 4.56. The summed E-state index contributed by atoms with van der Waals surface area (Å²) in [6.07, 6.45) is 4.10. The molecule has 1 aromatic heterocycles. The van der Waals surface area contributed by atoms with Gasteiger partial charge in [0.15, 0.2) is 0 Å². The number of amides is 1. The number of para-hydroxylation sites is 2. The van der Waals surface area contributed by atoms with E-state index in [-0.39, 0.29) is 5.91 Å². The maximum Gasteiger partial charge on any atom is 0.217 e. The van der Waals surface area contributed by atoms with Crippen LogP contribution in [0.1, 0.15) is 45.1 Å². The van der Waals surface area contributed by atoms with Crippen molar-refractivity contribution in [3.05, 3.63) is 66.2 Å². The van der Waals surface area contributed by atoms with Crippen LogP contribution in [-0.4, -0.2) is 29.5 Å². The third-order valence-electron chi connectivity index (χ3n) is 6.15. The molecule has 2 N–H and O–H groups in total. The molecular formula is C26H32N4O. The van der Waals surface area contributed by atoms with E-state index in [1.807, 2.05) is 0 Å². The minimum absolute atomic E-state index is 0.0659. The van der Waals surface area contributed by atoms with Crippen molar-refractivity contribution in [1.29, 1.82) is 0 Å².